The Bertz CT molecular complexity index is 1520. The van der Waals surface area contributed by atoms with Gasteiger partial charge in [0.1, 0.15) is 12.3 Å². The molecule has 0 aliphatic heterocycles. The van der Waals surface area contributed by atoms with Crippen molar-refractivity contribution >= 4 is 28.5 Å². The molecule has 0 atom stereocenters. The van der Waals surface area contributed by atoms with Gasteiger partial charge in [0.25, 0.3) is 5.56 Å². The Morgan fingerprint density at radius 1 is 0.882 bits per heavy atom. The Morgan fingerprint density at radius 3 is 2.32 bits per heavy atom. The van der Waals surface area contributed by atoms with Gasteiger partial charge in [0, 0.05) is 0 Å². The summed E-state index contributed by atoms with van der Waals surface area (Å²) in [6, 6.07) is 19.5. The van der Waals surface area contributed by atoms with Crippen LogP contribution in [0.3, 0.4) is 0 Å². The van der Waals surface area contributed by atoms with Crippen molar-refractivity contribution in [1.82, 2.24) is 9.13 Å². The summed E-state index contributed by atoms with van der Waals surface area (Å²) in [7, 11) is 2.69. The number of nitrogens with one attached hydrogen (secondary N) is 1. The first-order valence-corrected chi connectivity index (χ1v) is 10.3. The van der Waals surface area contributed by atoms with Crippen LogP contribution >= 0.6 is 0 Å². The first-order chi connectivity index (χ1) is 16.5. The lowest BCUT2D eigenvalue weighted by Crippen LogP contribution is -2.41. The summed E-state index contributed by atoms with van der Waals surface area (Å²) in [4.78, 5) is 52.1. The van der Waals surface area contributed by atoms with Gasteiger partial charge in [0.2, 0.25) is 5.91 Å². The Kier molecular flexibility index (Phi) is 6.26. The van der Waals surface area contributed by atoms with E-state index in [1.807, 2.05) is 0 Å². The largest absolute Gasteiger partial charge is 0.495 e. The highest BCUT2D eigenvalue weighted by Gasteiger charge is 2.21. The Morgan fingerprint density at radius 2 is 1.56 bits per heavy atom. The summed E-state index contributed by atoms with van der Waals surface area (Å²) in [5, 5.41) is 2.94. The zero-order valence-electron chi connectivity index (χ0n) is 18.5. The monoisotopic (exact) mass is 459 g/mol. The van der Waals surface area contributed by atoms with E-state index < -0.39 is 23.1 Å². The van der Waals surface area contributed by atoms with Crippen LogP contribution in [-0.2, 0) is 16.1 Å². The molecule has 0 radical (unpaired) electrons. The molecular weight excluding hydrogens is 438 g/mol. The summed E-state index contributed by atoms with van der Waals surface area (Å²) >= 11 is 0. The number of nitrogens with zero attached hydrogens (tertiary/aromatic N) is 2. The van der Waals surface area contributed by atoms with Gasteiger partial charge in [-0.25, -0.2) is 14.2 Å². The normalized spacial score (nSPS) is 10.6. The van der Waals surface area contributed by atoms with Crippen LogP contribution in [0.4, 0.5) is 5.69 Å². The maximum absolute atomic E-state index is 13.5. The Hall–Kier alpha value is -4.66. The summed E-state index contributed by atoms with van der Waals surface area (Å²) < 4.78 is 12.1. The van der Waals surface area contributed by atoms with Crippen molar-refractivity contribution in [2.75, 3.05) is 19.5 Å². The number of para-hydroxylation sites is 4. The van der Waals surface area contributed by atoms with E-state index in [9.17, 15) is 19.2 Å². The maximum atomic E-state index is 13.5. The molecule has 9 nitrogen and oxygen atoms in total. The van der Waals surface area contributed by atoms with E-state index in [1.54, 1.807) is 60.7 Å². The number of aromatic nitrogens is 2. The number of hydrogen-bond acceptors (Lipinski definition) is 6. The maximum Gasteiger partial charge on any atom is 0.339 e. The highest BCUT2D eigenvalue weighted by Crippen LogP contribution is 2.23. The second-order valence-corrected chi connectivity index (χ2v) is 7.28. The lowest BCUT2D eigenvalue weighted by molar-refractivity contribution is -0.116. The molecule has 4 rings (SSSR count). The summed E-state index contributed by atoms with van der Waals surface area (Å²) in [6.45, 7) is -0.377. The third-order valence-corrected chi connectivity index (χ3v) is 5.28. The van der Waals surface area contributed by atoms with Gasteiger partial charge < -0.3 is 14.8 Å². The molecule has 1 N–H and O–H groups in total. The van der Waals surface area contributed by atoms with Crippen molar-refractivity contribution in [3.8, 4) is 11.4 Å². The van der Waals surface area contributed by atoms with Crippen LogP contribution in [-0.4, -0.2) is 35.2 Å². The van der Waals surface area contributed by atoms with Crippen molar-refractivity contribution in [2.24, 2.45) is 0 Å². The molecule has 1 amide bonds. The lowest BCUT2D eigenvalue weighted by Gasteiger charge is -2.16. The molecule has 0 saturated carbocycles. The molecule has 34 heavy (non-hydrogen) atoms. The second-order valence-electron chi connectivity index (χ2n) is 7.28. The molecule has 0 unspecified atom stereocenters. The first-order valence-electron chi connectivity index (χ1n) is 10.3. The summed E-state index contributed by atoms with van der Waals surface area (Å²) in [5.41, 5.74) is -0.539. The van der Waals surface area contributed by atoms with Gasteiger partial charge in [-0.3, -0.25) is 14.2 Å². The topological polar surface area (TPSA) is 109 Å². The van der Waals surface area contributed by atoms with Gasteiger partial charge >= 0.3 is 11.7 Å². The van der Waals surface area contributed by atoms with Crippen LogP contribution in [0.1, 0.15) is 10.4 Å². The second kappa shape index (κ2) is 9.45. The van der Waals surface area contributed by atoms with Crippen molar-refractivity contribution in [3.63, 3.8) is 0 Å². The Balaban J connectivity index is 1.88. The summed E-state index contributed by atoms with van der Waals surface area (Å²) in [5.74, 6) is -0.733. The minimum absolute atomic E-state index is 0.0458. The number of fused-ring (bicyclic) bond motifs is 1. The fourth-order valence-corrected chi connectivity index (χ4v) is 3.72. The number of rotatable bonds is 6. The van der Waals surface area contributed by atoms with Crippen molar-refractivity contribution in [2.45, 2.75) is 6.54 Å². The van der Waals surface area contributed by atoms with Gasteiger partial charge in [0.05, 0.1) is 42.1 Å². The summed E-state index contributed by atoms with van der Waals surface area (Å²) in [6.07, 6.45) is 0. The van der Waals surface area contributed by atoms with Gasteiger partial charge in [-0.15, -0.1) is 0 Å². The number of carbonyl (C=O) groups excluding carboxylic acids is 2. The number of carbonyl (C=O) groups is 2. The van der Waals surface area contributed by atoms with E-state index in [4.69, 9.17) is 9.47 Å². The molecule has 0 aliphatic rings. The van der Waals surface area contributed by atoms with Crippen LogP contribution in [0.2, 0.25) is 0 Å². The molecule has 0 fully saturated rings. The van der Waals surface area contributed by atoms with E-state index in [1.165, 1.54) is 30.9 Å². The third kappa shape index (κ3) is 4.06. The third-order valence-electron chi connectivity index (χ3n) is 5.28. The van der Waals surface area contributed by atoms with Crippen molar-refractivity contribution in [3.05, 3.63) is 99.2 Å². The zero-order valence-corrected chi connectivity index (χ0v) is 18.5. The van der Waals surface area contributed by atoms with Gasteiger partial charge in [-0.1, -0.05) is 36.4 Å². The van der Waals surface area contributed by atoms with Crippen molar-refractivity contribution in [1.29, 1.82) is 0 Å². The van der Waals surface area contributed by atoms with Crippen LogP contribution in [0.25, 0.3) is 16.6 Å². The van der Waals surface area contributed by atoms with E-state index in [-0.39, 0.29) is 23.2 Å². The number of methoxy groups -OCH3 is 2. The molecule has 1 aromatic heterocycles. The fourth-order valence-electron chi connectivity index (χ4n) is 3.72. The van der Waals surface area contributed by atoms with E-state index in [0.29, 0.717) is 17.0 Å². The lowest BCUT2D eigenvalue weighted by atomic mass is 10.1. The zero-order chi connectivity index (χ0) is 24.2. The van der Waals surface area contributed by atoms with Crippen molar-refractivity contribution < 1.29 is 19.1 Å². The fraction of sp³-hybridized carbons (Fsp3) is 0.120. The molecule has 0 aliphatic carbocycles. The molecular formula is C25H21N3O6. The molecule has 4 aromatic rings. The average Bonchev–Trinajstić information content (AvgIpc) is 2.87. The highest BCUT2D eigenvalue weighted by atomic mass is 16.5. The van der Waals surface area contributed by atoms with Crippen LogP contribution in [0, 0.1) is 0 Å². The highest BCUT2D eigenvalue weighted by molar-refractivity contribution is 5.94. The minimum Gasteiger partial charge on any atom is -0.495 e. The smallest absolute Gasteiger partial charge is 0.339 e. The van der Waals surface area contributed by atoms with Crippen LogP contribution < -0.4 is 21.3 Å². The molecule has 0 spiro atoms. The van der Waals surface area contributed by atoms with Crippen LogP contribution in [0.5, 0.6) is 5.75 Å². The van der Waals surface area contributed by atoms with E-state index in [2.05, 4.69) is 5.32 Å². The molecule has 1 heterocycles. The number of esters is 1. The number of amides is 1. The quantitative estimate of drug-likeness (QED) is 0.444. The SMILES string of the molecule is COC(=O)c1ccccc1-n1c(=O)c2ccccc2n(CC(=O)Nc2ccccc2OC)c1=O. The molecule has 0 bridgehead atoms. The molecule has 3 aromatic carbocycles. The van der Waals surface area contributed by atoms with Crippen LogP contribution in [0.15, 0.2) is 82.4 Å². The van der Waals surface area contributed by atoms with Gasteiger partial charge in [-0.05, 0) is 36.4 Å². The predicted octanol–water partition coefficient (Wildman–Crippen LogP) is 2.59. The number of hydrogen-bond donors (Lipinski definition) is 1. The molecule has 172 valence electrons. The average molecular weight is 459 g/mol. The van der Waals surface area contributed by atoms with Gasteiger partial charge in [0.15, 0.2) is 0 Å². The first kappa shape index (κ1) is 22.5. The van der Waals surface area contributed by atoms with Gasteiger partial charge in [-0.2, -0.15) is 0 Å². The van der Waals surface area contributed by atoms with E-state index in [0.717, 1.165) is 4.57 Å². The van der Waals surface area contributed by atoms with E-state index >= 15 is 0 Å². The standard InChI is InChI=1S/C25H21N3O6/c1-33-21-14-8-5-11-18(21)26-22(29)15-27-19-12-6-3-9-16(19)23(30)28(25(27)32)20-13-7-4-10-17(20)24(31)34-2/h3-14H,15H2,1-2H3,(H,26,29). The number of ether oxygens (including phenoxy) is 2. The number of anilines is 1. The Labute approximate surface area is 193 Å². The molecule has 0 saturated heterocycles. The predicted molar refractivity (Wildman–Crippen MR) is 127 cm³/mol. The molecule has 9 heteroatoms. The minimum atomic E-state index is -0.768. The number of benzene rings is 3.